The molecule has 0 aliphatic heterocycles. The second-order valence-electron chi connectivity index (χ2n) is 3.63. The molecule has 2 N–H and O–H groups in total. The molecule has 0 saturated carbocycles. The highest BCUT2D eigenvalue weighted by molar-refractivity contribution is 9.10. The van der Waals surface area contributed by atoms with Crippen molar-refractivity contribution in [3.8, 4) is 0 Å². The first-order valence-corrected chi connectivity index (χ1v) is 5.73. The first-order chi connectivity index (χ1) is 6.97. The molecule has 0 amide bonds. The molecule has 0 aromatic carbocycles. The molecular formula is C10H16BrN3O. The van der Waals surface area contributed by atoms with Crippen LogP contribution < -0.4 is 5.73 Å². The van der Waals surface area contributed by atoms with Gasteiger partial charge in [0.25, 0.3) is 0 Å². The maximum Gasteiger partial charge on any atom is 0.155 e. The molecule has 1 atom stereocenters. The van der Waals surface area contributed by atoms with E-state index in [-0.39, 0.29) is 11.8 Å². The molecule has 0 aliphatic carbocycles. The second kappa shape index (κ2) is 4.90. The number of Topliss-reactive ketones (excluding diaryl/α,β-unsaturated/α-hetero) is 1. The summed E-state index contributed by atoms with van der Waals surface area (Å²) in [4.78, 5) is 11.7. The summed E-state index contributed by atoms with van der Waals surface area (Å²) in [7, 11) is 1.83. The fourth-order valence-electron chi connectivity index (χ4n) is 1.40. The highest BCUT2D eigenvalue weighted by Crippen LogP contribution is 2.21. The van der Waals surface area contributed by atoms with Gasteiger partial charge in [-0.2, -0.15) is 5.10 Å². The molecule has 0 saturated heterocycles. The first kappa shape index (κ1) is 12.4. The quantitative estimate of drug-likeness (QED) is 0.901. The molecule has 0 spiro atoms. The van der Waals surface area contributed by atoms with E-state index in [2.05, 4.69) is 21.0 Å². The molecular weight excluding hydrogens is 258 g/mol. The zero-order chi connectivity index (χ0) is 11.6. The average Bonchev–Trinajstić information content (AvgIpc) is 2.43. The van der Waals surface area contributed by atoms with Crippen LogP contribution >= 0.6 is 15.9 Å². The minimum Gasteiger partial charge on any atom is -0.322 e. The minimum atomic E-state index is -0.368. The number of rotatable bonds is 4. The van der Waals surface area contributed by atoms with Gasteiger partial charge < -0.3 is 5.73 Å². The Bertz CT molecular complexity index is 373. The summed E-state index contributed by atoms with van der Waals surface area (Å²) < 4.78 is 2.63. The average molecular weight is 274 g/mol. The standard InChI is InChI=1S/C10H16BrN3O/c1-4-7(12)9(15)5-8-10(11)6(2)13-14(8)3/h7H,4-5,12H2,1-3H3. The Morgan fingerprint density at radius 1 is 1.67 bits per heavy atom. The topological polar surface area (TPSA) is 60.9 Å². The van der Waals surface area contributed by atoms with Gasteiger partial charge in [-0.1, -0.05) is 6.92 Å². The van der Waals surface area contributed by atoms with Crippen molar-refractivity contribution in [3.05, 3.63) is 15.9 Å². The maximum atomic E-state index is 11.7. The fraction of sp³-hybridized carbons (Fsp3) is 0.600. The maximum absolute atomic E-state index is 11.7. The number of hydrogen-bond donors (Lipinski definition) is 1. The van der Waals surface area contributed by atoms with Gasteiger partial charge in [0, 0.05) is 7.05 Å². The van der Waals surface area contributed by atoms with E-state index < -0.39 is 0 Å². The van der Waals surface area contributed by atoms with Gasteiger partial charge in [0.1, 0.15) is 0 Å². The number of aromatic nitrogens is 2. The third-order valence-electron chi connectivity index (χ3n) is 2.46. The van der Waals surface area contributed by atoms with Gasteiger partial charge in [-0.3, -0.25) is 9.48 Å². The van der Waals surface area contributed by atoms with E-state index in [1.807, 2.05) is 20.9 Å². The summed E-state index contributed by atoms with van der Waals surface area (Å²) >= 11 is 3.42. The van der Waals surface area contributed by atoms with Crippen molar-refractivity contribution in [2.45, 2.75) is 32.7 Å². The van der Waals surface area contributed by atoms with Crippen LogP contribution in [0.5, 0.6) is 0 Å². The number of aryl methyl sites for hydroxylation is 2. The van der Waals surface area contributed by atoms with Crippen LogP contribution in [0.2, 0.25) is 0 Å². The molecule has 0 fully saturated rings. The number of halogens is 1. The highest BCUT2D eigenvalue weighted by atomic mass is 79.9. The Balaban J connectivity index is 2.85. The lowest BCUT2D eigenvalue weighted by Gasteiger charge is -2.07. The van der Waals surface area contributed by atoms with E-state index in [9.17, 15) is 4.79 Å². The lowest BCUT2D eigenvalue weighted by Crippen LogP contribution is -2.31. The lowest BCUT2D eigenvalue weighted by atomic mass is 10.1. The molecule has 1 aromatic heterocycles. The summed E-state index contributed by atoms with van der Waals surface area (Å²) in [5, 5.41) is 4.23. The molecule has 0 bridgehead atoms. The van der Waals surface area contributed by atoms with Crippen LogP contribution in [0.15, 0.2) is 4.47 Å². The van der Waals surface area contributed by atoms with Gasteiger partial charge in [-0.05, 0) is 29.3 Å². The number of carbonyl (C=O) groups excluding carboxylic acids is 1. The molecule has 0 radical (unpaired) electrons. The zero-order valence-corrected chi connectivity index (χ0v) is 10.8. The molecule has 0 aliphatic rings. The van der Waals surface area contributed by atoms with Crippen LogP contribution in [-0.2, 0) is 18.3 Å². The summed E-state index contributed by atoms with van der Waals surface area (Å²) in [5.41, 5.74) is 7.46. The van der Waals surface area contributed by atoms with Crippen LogP contribution in [0.3, 0.4) is 0 Å². The number of carbonyl (C=O) groups is 1. The smallest absolute Gasteiger partial charge is 0.155 e. The van der Waals surface area contributed by atoms with E-state index >= 15 is 0 Å². The Morgan fingerprint density at radius 2 is 2.27 bits per heavy atom. The Hall–Kier alpha value is -0.680. The van der Waals surface area contributed by atoms with Gasteiger partial charge in [-0.25, -0.2) is 0 Å². The van der Waals surface area contributed by atoms with E-state index in [0.717, 1.165) is 15.9 Å². The van der Waals surface area contributed by atoms with Crippen molar-refractivity contribution in [2.24, 2.45) is 12.8 Å². The number of hydrogen-bond acceptors (Lipinski definition) is 3. The van der Waals surface area contributed by atoms with E-state index in [4.69, 9.17) is 5.73 Å². The molecule has 84 valence electrons. The van der Waals surface area contributed by atoms with Crippen molar-refractivity contribution < 1.29 is 4.79 Å². The van der Waals surface area contributed by atoms with Crippen molar-refractivity contribution in [1.82, 2.24) is 9.78 Å². The molecule has 5 heteroatoms. The van der Waals surface area contributed by atoms with Crippen LogP contribution in [0.4, 0.5) is 0 Å². The predicted molar refractivity (Wildman–Crippen MR) is 62.6 cm³/mol. The third-order valence-corrected chi connectivity index (χ3v) is 3.49. The van der Waals surface area contributed by atoms with Gasteiger partial charge >= 0.3 is 0 Å². The van der Waals surface area contributed by atoms with Crippen LogP contribution in [0.1, 0.15) is 24.7 Å². The molecule has 1 aromatic rings. The van der Waals surface area contributed by atoms with E-state index in [1.165, 1.54) is 0 Å². The first-order valence-electron chi connectivity index (χ1n) is 4.93. The largest absolute Gasteiger partial charge is 0.322 e. The van der Waals surface area contributed by atoms with Crippen LogP contribution in [-0.4, -0.2) is 21.6 Å². The van der Waals surface area contributed by atoms with Crippen molar-refractivity contribution in [1.29, 1.82) is 0 Å². The highest BCUT2D eigenvalue weighted by Gasteiger charge is 2.17. The van der Waals surface area contributed by atoms with Crippen LogP contribution in [0.25, 0.3) is 0 Å². The van der Waals surface area contributed by atoms with Gasteiger partial charge in [0.2, 0.25) is 0 Å². The van der Waals surface area contributed by atoms with Crippen LogP contribution in [0, 0.1) is 6.92 Å². The lowest BCUT2D eigenvalue weighted by molar-refractivity contribution is -0.119. The van der Waals surface area contributed by atoms with Crippen molar-refractivity contribution in [3.63, 3.8) is 0 Å². The SMILES string of the molecule is CCC(N)C(=O)Cc1c(Br)c(C)nn1C. The number of nitrogens with two attached hydrogens (primary N) is 1. The third kappa shape index (κ3) is 2.66. The molecule has 1 unspecified atom stereocenters. The summed E-state index contributed by atoms with van der Waals surface area (Å²) in [6, 6.07) is -0.368. The fourth-order valence-corrected chi connectivity index (χ4v) is 1.87. The predicted octanol–water partition coefficient (Wildman–Crippen LogP) is 1.34. The normalized spacial score (nSPS) is 12.9. The van der Waals surface area contributed by atoms with E-state index in [1.54, 1.807) is 4.68 Å². The molecule has 4 nitrogen and oxygen atoms in total. The van der Waals surface area contributed by atoms with Gasteiger partial charge in [0.05, 0.1) is 28.3 Å². The minimum absolute atomic E-state index is 0.0567. The monoisotopic (exact) mass is 273 g/mol. The van der Waals surface area contributed by atoms with E-state index in [0.29, 0.717) is 12.8 Å². The molecule has 1 rings (SSSR count). The Morgan fingerprint density at radius 3 is 2.67 bits per heavy atom. The number of nitrogens with zero attached hydrogens (tertiary/aromatic N) is 2. The zero-order valence-electron chi connectivity index (χ0n) is 9.25. The van der Waals surface area contributed by atoms with Gasteiger partial charge in [-0.15, -0.1) is 0 Å². The van der Waals surface area contributed by atoms with Crippen molar-refractivity contribution >= 4 is 21.7 Å². The van der Waals surface area contributed by atoms with Crippen molar-refractivity contribution in [2.75, 3.05) is 0 Å². The summed E-state index contributed by atoms with van der Waals surface area (Å²) in [5.74, 6) is 0.0567. The summed E-state index contributed by atoms with van der Waals surface area (Å²) in [6.07, 6.45) is 1.01. The Kier molecular flexibility index (Phi) is 4.04. The van der Waals surface area contributed by atoms with Gasteiger partial charge in [0.15, 0.2) is 5.78 Å². The summed E-state index contributed by atoms with van der Waals surface area (Å²) in [6.45, 7) is 3.81. The number of ketones is 1. The molecule has 1 heterocycles. The molecule has 15 heavy (non-hydrogen) atoms. The second-order valence-corrected chi connectivity index (χ2v) is 4.42. The Labute approximate surface area is 98.0 Å².